The molecular formula is C20H24N2O5S. The normalized spacial score (nSPS) is 15.7. The zero-order valence-electron chi connectivity index (χ0n) is 15.7. The molecule has 0 radical (unpaired) electrons. The molecule has 2 amide bonds. The number of carbonyl (C=O) groups excluding carboxylic acids is 2. The van der Waals surface area contributed by atoms with E-state index in [4.69, 9.17) is 9.52 Å². The van der Waals surface area contributed by atoms with Crippen LogP contribution < -0.4 is 10.6 Å². The van der Waals surface area contributed by atoms with Crippen molar-refractivity contribution in [1.29, 1.82) is 0 Å². The molecule has 0 unspecified atom stereocenters. The largest absolute Gasteiger partial charge is 0.481 e. The van der Waals surface area contributed by atoms with Crippen LogP contribution in [0, 0.1) is 5.92 Å². The average Bonchev–Trinajstić information content (AvgIpc) is 3.31. The van der Waals surface area contributed by atoms with Gasteiger partial charge in [-0.05, 0) is 42.9 Å². The zero-order chi connectivity index (χ0) is 20.1. The SMILES string of the molecule is CC[C@H]1CCc2c(sc(NC(=O)CCC(=O)O)c2C(=O)NCc2ccco2)C1. The molecule has 28 heavy (non-hydrogen) atoms. The van der Waals surface area contributed by atoms with E-state index in [1.54, 1.807) is 18.4 Å². The highest BCUT2D eigenvalue weighted by Gasteiger charge is 2.29. The Hall–Kier alpha value is -2.61. The van der Waals surface area contributed by atoms with E-state index in [-0.39, 0.29) is 25.3 Å². The second kappa shape index (κ2) is 9.05. The van der Waals surface area contributed by atoms with Gasteiger partial charge in [-0.15, -0.1) is 11.3 Å². The van der Waals surface area contributed by atoms with E-state index >= 15 is 0 Å². The summed E-state index contributed by atoms with van der Waals surface area (Å²) in [5.74, 6) is -0.440. The fourth-order valence-corrected chi connectivity index (χ4v) is 4.79. The van der Waals surface area contributed by atoms with Gasteiger partial charge >= 0.3 is 5.97 Å². The van der Waals surface area contributed by atoms with E-state index in [1.807, 2.05) is 0 Å². The van der Waals surface area contributed by atoms with Crippen molar-refractivity contribution >= 4 is 34.1 Å². The third kappa shape index (κ3) is 4.81. The molecule has 2 aromatic heterocycles. The summed E-state index contributed by atoms with van der Waals surface area (Å²) in [6.45, 7) is 2.43. The third-order valence-corrected chi connectivity index (χ3v) is 6.16. The van der Waals surface area contributed by atoms with E-state index in [0.717, 1.165) is 36.1 Å². The first-order valence-corrected chi connectivity index (χ1v) is 10.3. The number of thiophene rings is 1. The monoisotopic (exact) mass is 404 g/mol. The number of carbonyl (C=O) groups is 3. The lowest BCUT2D eigenvalue weighted by molar-refractivity contribution is -0.138. The Balaban J connectivity index is 1.80. The van der Waals surface area contributed by atoms with Gasteiger partial charge in [-0.3, -0.25) is 14.4 Å². The number of aliphatic carboxylic acids is 1. The van der Waals surface area contributed by atoms with Crippen molar-refractivity contribution in [3.8, 4) is 0 Å². The number of carboxylic acid groups (broad SMARTS) is 1. The van der Waals surface area contributed by atoms with E-state index in [0.29, 0.717) is 22.2 Å². The molecule has 0 saturated heterocycles. The minimum atomic E-state index is -1.03. The minimum absolute atomic E-state index is 0.122. The van der Waals surface area contributed by atoms with Gasteiger partial charge in [-0.25, -0.2) is 0 Å². The van der Waals surface area contributed by atoms with E-state index in [1.165, 1.54) is 11.3 Å². The smallest absolute Gasteiger partial charge is 0.303 e. The first-order chi connectivity index (χ1) is 13.5. The van der Waals surface area contributed by atoms with Crippen molar-refractivity contribution in [2.75, 3.05) is 5.32 Å². The standard InChI is InChI=1S/C20H24N2O5S/c1-2-12-5-6-14-15(10-12)28-20(22-16(23)7-8-17(24)25)18(14)19(26)21-11-13-4-3-9-27-13/h3-4,9,12H,2,5-8,10-11H2,1H3,(H,21,26)(H,22,23)(H,24,25)/t12-/m0/s1. The van der Waals surface area contributed by atoms with Crippen LogP contribution >= 0.6 is 11.3 Å². The van der Waals surface area contributed by atoms with Crippen LogP contribution in [0.3, 0.4) is 0 Å². The molecular weight excluding hydrogens is 380 g/mol. The van der Waals surface area contributed by atoms with Gasteiger partial charge in [-0.1, -0.05) is 13.3 Å². The van der Waals surface area contributed by atoms with Crippen LogP contribution in [0.2, 0.25) is 0 Å². The molecule has 0 fully saturated rings. The van der Waals surface area contributed by atoms with Crippen molar-refractivity contribution in [1.82, 2.24) is 5.32 Å². The maximum absolute atomic E-state index is 12.9. The Labute approximate surface area is 167 Å². The van der Waals surface area contributed by atoms with Crippen molar-refractivity contribution in [2.24, 2.45) is 5.92 Å². The highest BCUT2D eigenvalue weighted by atomic mass is 32.1. The summed E-state index contributed by atoms with van der Waals surface area (Å²) in [4.78, 5) is 36.9. The number of amides is 2. The molecule has 0 aromatic carbocycles. The fraction of sp³-hybridized carbons (Fsp3) is 0.450. The molecule has 2 aromatic rings. The Morgan fingerprint density at radius 3 is 2.82 bits per heavy atom. The number of hydrogen-bond acceptors (Lipinski definition) is 5. The summed E-state index contributed by atoms with van der Waals surface area (Å²) in [5.41, 5.74) is 1.50. The molecule has 0 aliphatic heterocycles. The summed E-state index contributed by atoms with van der Waals surface area (Å²) in [6.07, 6.45) is 4.99. The van der Waals surface area contributed by atoms with Gasteiger partial charge in [0.1, 0.15) is 10.8 Å². The van der Waals surface area contributed by atoms with Crippen LogP contribution in [0.5, 0.6) is 0 Å². The Morgan fingerprint density at radius 1 is 1.32 bits per heavy atom. The topological polar surface area (TPSA) is 109 Å². The molecule has 0 saturated carbocycles. The molecule has 1 aliphatic carbocycles. The maximum atomic E-state index is 12.9. The van der Waals surface area contributed by atoms with Crippen LogP contribution in [-0.4, -0.2) is 22.9 Å². The van der Waals surface area contributed by atoms with Crippen LogP contribution in [0.4, 0.5) is 5.00 Å². The van der Waals surface area contributed by atoms with Gasteiger partial charge in [0.2, 0.25) is 5.91 Å². The molecule has 2 heterocycles. The number of hydrogen-bond donors (Lipinski definition) is 3. The van der Waals surface area contributed by atoms with Crippen LogP contribution in [0.1, 0.15) is 59.2 Å². The second-order valence-electron chi connectivity index (χ2n) is 6.93. The summed E-state index contributed by atoms with van der Waals surface area (Å²) in [6, 6.07) is 3.54. The first-order valence-electron chi connectivity index (χ1n) is 9.44. The first kappa shape index (κ1) is 20.1. The number of fused-ring (bicyclic) bond motifs is 1. The molecule has 8 heteroatoms. The summed E-state index contributed by atoms with van der Waals surface area (Å²) < 4.78 is 5.25. The predicted molar refractivity (Wildman–Crippen MR) is 106 cm³/mol. The van der Waals surface area contributed by atoms with E-state index < -0.39 is 11.9 Å². The zero-order valence-corrected chi connectivity index (χ0v) is 16.6. The summed E-state index contributed by atoms with van der Waals surface area (Å²) in [5, 5.41) is 14.9. The van der Waals surface area contributed by atoms with Crippen LogP contribution in [0.15, 0.2) is 22.8 Å². The molecule has 3 rings (SSSR count). The molecule has 1 aliphatic rings. The van der Waals surface area contributed by atoms with Gasteiger partial charge in [0.05, 0.1) is 24.8 Å². The van der Waals surface area contributed by atoms with Gasteiger partial charge in [0.25, 0.3) is 5.91 Å². The second-order valence-corrected chi connectivity index (χ2v) is 8.03. The average molecular weight is 404 g/mol. The molecule has 150 valence electrons. The van der Waals surface area contributed by atoms with Gasteiger partial charge < -0.3 is 20.2 Å². The Bertz CT molecular complexity index is 856. The fourth-order valence-electron chi connectivity index (χ4n) is 3.41. The van der Waals surface area contributed by atoms with Crippen molar-refractivity contribution in [3.63, 3.8) is 0 Å². The van der Waals surface area contributed by atoms with Crippen molar-refractivity contribution in [3.05, 3.63) is 40.2 Å². The molecule has 0 spiro atoms. The number of furan rings is 1. The minimum Gasteiger partial charge on any atom is -0.481 e. The quantitative estimate of drug-likeness (QED) is 0.623. The van der Waals surface area contributed by atoms with Gasteiger partial charge in [-0.2, -0.15) is 0 Å². The number of nitrogens with one attached hydrogen (secondary N) is 2. The van der Waals surface area contributed by atoms with E-state index in [2.05, 4.69) is 17.6 Å². The highest BCUT2D eigenvalue weighted by Crippen LogP contribution is 2.40. The molecule has 7 nitrogen and oxygen atoms in total. The number of anilines is 1. The third-order valence-electron chi connectivity index (χ3n) is 4.99. The van der Waals surface area contributed by atoms with Crippen molar-refractivity contribution in [2.45, 2.75) is 52.0 Å². The lowest BCUT2D eigenvalue weighted by Gasteiger charge is -2.21. The molecule has 3 N–H and O–H groups in total. The molecule has 1 atom stereocenters. The summed E-state index contributed by atoms with van der Waals surface area (Å²) in [7, 11) is 0. The molecule has 0 bridgehead atoms. The predicted octanol–water partition coefficient (Wildman–Crippen LogP) is 3.59. The van der Waals surface area contributed by atoms with E-state index in [9.17, 15) is 14.4 Å². The Morgan fingerprint density at radius 2 is 2.14 bits per heavy atom. The van der Waals surface area contributed by atoms with Crippen molar-refractivity contribution < 1.29 is 23.9 Å². The Kier molecular flexibility index (Phi) is 6.51. The number of carboxylic acids is 1. The number of rotatable bonds is 8. The van der Waals surface area contributed by atoms with Gasteiger partial charge in [0.15, 0.2) is 0 Å². The highest BCUT2D eigenvalue weighted by molar-refractivity contribution is 7.17. The lowest BCUT2D eigenvalue weighted by atomic mass is 9.85. The van der Waals surface area contributed by atoms with Gasteiger partial charge in [0, 0.05) is 11.3 Å². The lowest BCUT2D eigenvalue weighted by Crippen LogP contribution is -2.26. The van der Waals surface area contributed by atoms with Crippen LogP contribution in [-0.2, 0) is 29.0 Å². The van der Waals surface area contributed by atoms with Crippen LogP contribution in [0.25, 0.3) is 0 Å². The maximum Gasteiger partial charge on any atom is 0.303 e. The summed E-state index contributed by atoms with van der Waals surface area (Å²) >= 11 is 1.43.